The molecule has 1 aliphatic heterocycles. The summed E-state index contributed by atoms with van der Waals surface area (Å²) in [5.74, 6) is -0.172. The lowest BCUT2D eigenvalue weighted by Gasteiger charge is -2.28. The monoisotopic (exact) mass is 339 g/mol. The van der Waals surface area contributed by atoms with Crippen LogP contribution < -0.4 is 5.32 Å². The van der Waals surface area contributed by atoms with Crippen LogP contribution in [0.15, 0.2) is 6.20 Å². The fourth-order valence-corrected chi connectivity index (χ4v) is 5.44. The summed E-state index contributed by atoms with van der Waals surface area (Å²) in [5, 5.41) is 6.56. The number of fused-ring (bicyclic) bond motifs is 1. The van der Waals surface area contributed by atoms with Crippen LogP contribution in [-0.2, 0) is 27.5 Å². The van der Waals surface area contributed by atoms with E-state index in [9.17, 15) is 13.2 Å². The molecule has 1 aliphatic carbocycles. The molecule has 23 heavy (non-hydrogen) atoms. The largest absolute Gasteiger partial charge is 0.352 e. The Morgan fingerprint density at radius 3 is 2.83 bits per heavy atom. The van der Waals surface area contributed by atoms with Gasteiger partial charge in [-0.25, -0.2) is 8.42 Å². The summed E-state index contributed by atoms with van der Waals surface area (Å²) in [5.41, 5.74) is 2.41. The maximum Gasteiger partial charge on any atom is 0.238 e. The van der Waals surface area contributed by atoms with E-state index in [1.165, 1.54) is 11.3 Å². The molecule has 1 amide bonds. The SMILES string of the molecule is CC(C)n1ncc2c1CC(NC(=O)C1CCCCS1(=O)=O)CC2. The fraction of sp³-hybridized carbons (Fsp3) is 0.750. The molecule has 0 bridgehead atoms. The van der Waals surface area contributed by atoms with Crippen LogP contribution in [0.3, 0.4) is 0 Å². The molecular weight excluding hydrogens is 314 g/mol. The molecule has 7 heteroatoms. The van der Waals surface area contributed by atoms with Gasteiger partial charge in [0, 0.05) is 24.2 Å². The molecule has 1 aromatic heterocycles. The third kappa shape index (κ3) is 3.29. The third-order valence-electron chi connectivity index (χ3n) is 4.89. The topological polar surface area (TPSA) is 81.1 Å². The first-order valence-electron chi connectivity index (χ1n) is 8.45. The predicted octanol–water partition coefficient (Wildman–Crippen LogP) is 1.40. The minimum Gasteiger partial charge on any atom is -0.352 e. The number of hydrogen-bond acceptors (Lipinski definition) is 4. The van der Waals surface area contributed by atoms with Crippen molar-refractivity contribution < 1.29 is 13.2 Å². The van der Waals surface area contributed by atoms with Gasteiger partial charge in [-0.05, 0) is 45.1 Å². The summed E-state index contributed by atoms with van der Waals surface area (Å²) in [4.78, 5) is 12.4. The van der Waals surface area contributed by atoms with Crippen molar-refractivity contribution in [2.24, 2.45) is 0 Å². The van der Waals surface area contributed by atoms with Crippen LogP contribution >= 0.6 is 0 Å². The Kier molecular flexibility index (Phi) is 4.49. The number of nitrogens with zero attached hydrogens (tertiary/aromatic N) is 2. The molecule has 6 nitrogen and oxygen atoms in total. The van der Waals surface area contributed by atoms with E-state index >= 15 is 0 Å². The lowest BCUT2D eigenvalue weighted by atomic mass is 9.93. The maximum atomic E-state index is 12.4. The number of carbonyl (C=O) groups is 1. The Morgan fingerprint density at radius 2 is 2.13 bits per heavy atom. The summed E-state index contributed by atoms with van der Waals surface area (Å²) < 4.78 is 26.2. The molecule has 2 heterocycles. The number of amides is 1. The van der Waals surface area contributed by atoms with Gasteiger partial charge in [-0.1, -0.05) is 6.42 Å². The van der Waals surface area contributed by atoms with Crippen molar-refractivity contribution in [2.45, 2.75) is 69.7 Å². The van der Waals surface area contributed by atoms with Crippen molar-refractivity contribution in [3.63, 3.8) is 0 Å². The molecule has 1 N–H and O–H groups in total. The van der Waals surface area contributed by atoms with Crippen LogP contribution in [0.1, 0.15) is 56.8 Å². The van der Waals surface area contributed by atoms with E-state index in [0.717, 1.165) is 25.7 Å². The third-order valence-corrected chi connectivity index (χ3v) is 7.07. The second-order valence-electron chi connectivity index (χ2n) is 6.95. The van der Waals surface area contributed by atoms with Crippen LogP contribution in [-0.4, -0.2) is 41.2 Å². The van der Waals surface area contributed by atoms with E-state index in [0.29, 0.717) is 12.8 Å². The van der Waals surface area contributed by atoms with Gasteiger partial charge in [0.25, 0.3) is 0 Å². The van der Waals surface area contributed by atoms with Gasteiger partial charge in [0.15, 0.2) is 9.84 Å². The summed E-state index contributed by atoms with van der Waals surface area (Å²) in [6.45, 7) is 4.17. The standard InChI is InChI=1S/C16H25N3O3S/c1-11(2)19-14-9-13(7-6-12(14)10-17-19)18-16(20)15-5-3-4-8-23(15,21)22/h10-11,13,15H,3-9H2,1-2H3,(H,18,20). The zero-order valence-corrected chi connectivity index (χ0v) is 14.6. The van der Waals surface area contributed by atoms with Gasteiger partial charge in [0.2, 0.25) is 5.91 Å². The van der Waals surface area contributed by atoms with Gasteiger partial charge in [0.05, 0.1) is 11.9 Å². The van der Waals surface area contributed by atoms with Crippen molar-refractivity contribution >= 4 is 15.7 Å². The van der Waals surface area contributed by atoms with E-state index in [4.69, 9.17) is 0 Å². The minimum atomic E-state index is -3.27. The summed E-state index contributed by atoms with van der Waals surface area (Å²) in [7, 11) is -3.27. The number of hydrogen-bond donors (Lipinski definition) is 1. The highest BCUT2D eigenvalue weighted by Gasteiger charge is 2.36. The van der Waals surface area contributed by atoms with Crippen LogP contribution in [0, 0.1) is 0 Å². The molecule has 0 saturated carbocycles. The zero-order valence-electron chi connectivity index (χ0n) is 13.8. The quantitative estimate of drug-likeness (QED) is 0.903. The van der Waals surface area contributed by atoms with E-state index < -0.39 is 15.1 Å². The van der Waals surface area contributed by atoms with Gasteiger partial charge in [0.1, 0.15) is 5.25 Å². The van der Waals surface area contributed by atoms with E-state index in [1.54, 1.807) is 0 Å². The summed E-state index contributed by atoms with van der Waals surface area (Å²) in [6, 6.07) is 0.285. The molecule has 128 valence electrons. The normalized spacial score (nSPS) is 26.7. The van der Waals surface area contributed by atoms with Gasteiger partial charge in [-0.2, -0.15) is 5.10 Å². The van der Waals surface area contributed by atoms with Gasteiger partial charge in [-0.15, -0.1) is 0 Å². The molecular formula is C16H25N3O3S. The van der Waals surface area contributed by atoms with Gasteiger partial charge >= 0.3 is 0 Å². The van der Waals surface area contributed by atoms with Crippen LogP contribution in [0.5, 0.6) is 0 Å². The van der Waals surface area contributed by atoms with Gasteiger partial charge in [-0.3, -0.25) is 9.48 Å². The summed E-state index contributed by atoms with van der Waals surface area (Å²) >= 11 is 0. The first-order valence-corrected chi connectivity index (χ1v) is 10.2. The Morgan fingerprint density at radius 1 is 1.35 bits per heavy atom. The first kappa shape index (κ1) is 16.5. The van der Waals surface area contributed by atoms with E-state index in [2.05, 4.69) is 24.3 Å². The number of nitrogens with one attached hydrogen (secondary N) is 1. The molecule has 3 rings (SSSR count). The highest BCUT2D eigenvalue weighted by Crippen LogP contribution is 2.25. The first-order chi connectivity index (χ1) is 10.9. The molecule has 1 fully saturated rings. The number of carbonyl (C=O) groups excluding carboxylic acids is 1. The Bertz CT molecular complexity index is 693. The fourth-order valence-electron chi connectivity index (χ4n) is 3.63. The molecule has 0 radical (unpaired) electrons. The molecule has 1 saturated heterocycles. The average molecular weight is 339 g/mol. The molecule has 2 unspecified atom stereocenters. The zero-order chi connectivity index (χ0) is 16.6. The highest BCUT2D eigenvalue weighted by molar-refractivity contribution is 7.92. The Hall–Kier alpha value is -1.37. The Balaban J connectivity index is 1.69. The van der Waals surface area contributed by atoms with Crippen molar-refractivity contribution in [1.82, 2.24) is 15.1 Å². The molecule has 0 spiro atoms. The molecule has 1 aromatic rings. The second-order valence-corrected chi connectivity index (χ2v) is 9.26. The predicted molar refractivity (Wildman–Crippen MR) is 88.0 cm³/mol. The van der Waals surface area contributed by atoms with Crippen LogP contribution in [0.2, 0.25) is 0 Å². The number of aryl methyl sites for hydroxylation is 1. The molecule has 0 aromatic carbocycles. The van der Waals surface area contributed by atoms with E-state index in [1.807, 2.05) is 10.9 Å². The van der Waals surface area contributed by atoms with Crippen molar-refractivity contribution in [1.29, 1.82) is 0 Å². The smallest absolute Gasteiger partial charge is 0.238 e. The lowest BCUT2D eigenvalue weighted by molar-refractivity contribution is -0.121. The summed E-state index contributed by atoms with van der Waals surface area (Å²) in [6.07, 6.45) is 6.31. The molecule has 2 aliphatic rings. The lowest BCUT2D eigenvalue weighted by Crippen LogP contribution is -2.48. The van der Waals surface area contributed by atoms with Gasteiger partial charge < -0.3 is 5.32 Å². The van der Waals surface area contributed by atoms with E-state index in [-0.39, 0.29) is 23.7 Å². The minimum absolute atomic E-state index is 0.00123. The second kappa shape index (κ2) is 6.26. The van der Waals surface area contributed by atoms with Crippen molar-refractivity contribution in [2.75, 3.05) is 5.75 Å². The number of rotatable bonds is 3. The van der Waals surface area contributed by atoms with Crippen LogP contribution in [0.4, 0.5) is 0 Å². The number of sulfone groups is 1. The molecule has 2 atom stereocenters. The highest BCUT2D eigenvalue weighted by atomic mass is 32.2. The Labute approximate surface area is 137 Å². The van der Waals surface area contributed by atoms with Crippen molar-refractivity contribution in [3.8, 4) is 0 Å². The maximum absolute atomic E-state index is 12.4. The van der Waals surface area contributed by atoms with Crippen molar-refractivity contribution in [3.05, 3.63) is 17.5 Å². The number of aromatic nitrogens is 2. The van der Waals surface area contributed by atoms with Crippen LogP contribution in [0.25, 0.3) is 0 Å². The average Bonchev–Trinajstić information content (AvgIpc) is 2.89.